The molecule has 0 spiro atoms. The third kappa shape index (κ3) is 4.93. The largest absolute Gasteiger partial charge is 0.366 e. The van der Waals surface area contributed by atoms with Crippen molar-refractivity contribution in [1.82, 2.24) is 15.2 Å². The molecule has 2 heterocycles. The van der Waals surface area contributed by atoms with Crippen LogP contribution in [0.4, 0.5) is 0 Å². The van der Waals surface area contributed by atoms with Crippen molar-refractivity contribution in [3.8, 4) is 5.69 Å². The standard InChI is InChI=1S/C50H35N3/c1-2-13-35(14-3-1)50-51-44(39-20-18-32-10-4-5-15-36(32)28-39)31-45(52-50)40-21-19-38-30-41(25-22-37(38)29-40)53-46-26-23-33-11-6-8-16-42(33)48(46)49-43-17-9-7-12-34(43)24-27-47(49)53/h1-31,45,50-52H. The maximum absolute atomic E-state index is 3.90. The van der Waals surface area contributed by atoms with Crippen LogP contribution < -0.4 is 10.6 Å². The van der Waals surface area contributed by atoms with E-state index in [0.29, 0.717) is 0 Å². The topological polar surface area (TPSA) is 29.0 Å². The van der Waals surface area contributed by atoms with Crippen LogP contribution in [-0.2, 0) is 0 Å². The first kappa shape index (κ1) is 30.0. The highest BCUT2D eigenvalue weighted by Gasteiger charge is 2.25. The van der Waals surface area contributed by atoms with Gasteiger partial charge in [0.1, 0.15) is 6.17 Å². The number of nitrogens with one attached hydrogen (secondary N) is 2. The molecule has 9 aromatic carbocycles. The molecule has 11 rings (SSSR count). The average Bonchev–Trinajstić information content (AvgIpc) is 3.59. The molecule has 10 aromatic rings. The molecule has 0 saturated carbocycles. The van der Waals surface area contributed by atoms with Crippen LogP contribution in [0.1, 0.15) is 28.9 Å². The monoisotopic (exact) mass is 677 g/mol. The molecule has 250 valence electrons. The van der Waals surface area contributed by atoms with Gasteiger partial charge in [0.25, 0.3) is 0 Å². The van der Waals surface area contributed by atoms with Crippen molar-refractivity contribution in [2.75, 3.05) is 0 Å². The fourth-order valence-corrected chi connectivity index (χ4v) is 8.60. The van der Waals surface area contributed by atoms with Crippen molar-refractivity contribution in [3.63, 3.8) is 0 Å². The van der Waals surface area contributed by atoms with Gasteiger partial charge in [-0.05, 0) is 102 Å². The molecule has 0 bridgehead atoms. The average molecular weight is 678 g/mol. The van der Waals surface area contributed by atoms with Crippen LogP contribution in [0.2, 0.25) is 0 Å². The molecule has 1 aliphatic rings. The number of hydrogen-bond acceptors (Lipinski definition) is 2. The molecule has 0 aliphatic carbocycles. The van der Waals surface area contributed by atoms with Crippen molar-refractivity contribution in [3.05, 3.63) is 205 Å². The number of fused-ring (bicyclic) bond motifs is 9. The second kappa shape index (κ2) is 11.9. The second-order valence-electron chi connectivity index (χ2n) is 14.3. The Balaban J connectivity index is 1.04. The highest BCUT2D eigenvalue weighted by atomic mass is 15.2. The number of rotatable bonds is 4. The van der Waals surface area contributed by atoms with Crippen LogP contribution in [0.5, 0.6) is 0 Å². The molecule has 1 aliphatic heterocycles. The van der Waals surface area contributed by atoms with Crippen molar-refractivity contribution >= 4 is 70.6 Å². The Hall–Kier alpha value is -6.68. The number of nitrogens with zero attached hydrogens (tertiary/aromatic N) is 1. The highest BCUT2D eigenvalue weighted by Crippen LogP contribution is 2.41. The lowest BCUT2D eigenvalue weighted by molar-refractivity contribution is 0.443. The maximum Gasteiger partial charge on any atom is 0.104 e. The number of aromatic nitrogens is 1. The zero-order valence-corrected chi connectivity index (χ0v) is 29.0. The lowest BCUT2D eigenvalue weighted by Crippen LogP contribution is -2.39. The molecule has 3 heteroatoms. The Kier molecular flexibility index (Phi) is 6.76. The summed E-state index contributed by atoms with van der Waals surface area (Å²) in [5.41, 5.74) is 8.38. The van der Waals surface area contributed by atoms with Crippen LogP contribution in [0.15, 0.2) is 188 Å². The third-order valence-corrected chi connectivity index (χ3v) is 11.2. The van der Waals surface area contributed by atoms with Gasteiger partial charge in [-0.3, -0.25) is 5.32 Å². The smallest absolute Gasteiger partial charge is 0.104 e. The first-order valence-electron chi connectivity index (χ1n) is 18.4. The summed E-state index contributed by atoms with van der Waals surface area (Å²) in [4.78, 5) is 0. The van der Waals surface area contributed by atoms with E-state index in [4.69, 9.17) is 0 Å². The molecule has 3 nitrogen and oxygen atoms in total. The molecule has 2 atom stereocenters. The SMILES string of the molecule is C1=C(c2ccc3ccccc3c2)NC(c2ccccc2)NC1c1ccc2cc(-n3c4ccc5ccccc5c4c4c5ccccc5ccc43)ccc2c1. The summed E-state index contributed by atoms with van der Waals surface area (Å²) in [5.74, 6) is 0. The molecule has 2 N–H and O–H groups in total. The van der Waals surface area contributed by atoms with Crippen LogP contribution in [0.3, 0.4) is 0 Å². The lowest BCUT2D eigenvalue weighted by atomic mass is 9.95. The zero-order chi connectivity index (χ0) is 34.9. The molecule has 1 aromatic heterocycles. The van der Waals surface area contributed by atoms with Crippen molar-refractivity contribution < 1.29 is 0 Å². The van der Waals surface area contributed by atoms with Gasteiger partial charge in [0.2, 0.25) is 0 Å². The predicted molar refractivity (Wildman–Crippen MR) is 223 cm³/mol. The second-order valence-corrected chi connectivity index (χ2v) is 14.3. The van der Waals surface area contributed by atoms with Gasteiger partial charge < -0.3 is 9.88 Å². The minimum atomic E-state index is -0.0341. The van der Waals surface area contributed by atoms with Gasteiger partial charge in [0, 0.05) is 22.2 Å². The van der Waals surface area contributed by atoms with Crippen LogP contribution >= 0.6 is 0 Å². The Morgan fingerprint density at radius 3 is 1.72 bits per heavy atom. The minimum absolute atomic E-state index is 0.0194. The number of hydrogen-bond donors (Lipinski definition) is 2. The van der Waals surface area contributed by atoms with E-state index >= 15 is 0 Å². The highest BCUT2D eigenvalue weighted by molar-refractivity contribution is 6.28. The normalized spacial score (nSPS) is 16.1. The Morgan fingerprint density at radius 2 is 0.981 bits per heavy atom. The molecule has 0 amide bonds. The quantitative estimate of drug-likeness (QED) is 0.194. The van der Waals surface area contributed by atoms with Gasteiger partial charge in [-0.1, -0.05) is 146 Å². The van der Waals surface area contributed by atoms with Crippen LogP contribution in [0.25, 0.3) is 76.3 Å². The van der Waals surface area contributed by atoms with E-state index < -0.39 is 0 Å². The predicted octanol–water partition coefficient (Wildman–Crippen LogP) is 12.4. The molecule has 2 unspecified atom stereocenters. The first-order chi connectivity index (χ1) is 26.2. The summed E-state index contributed by atoms with van der Waals surface area (Å²) in [5, 5.41) is 20.4. The fourth-order valence-electron chi connectivity index (χ4n) is 8.60. The minimum Gasteiger partial charge on any atom is -0.366 e. The van der Waals surface area contributed by atoms with Gasteiger partial charge >= 0.3 is 0 Å². The first-order valence-corrected chi connectivity index (χ1v) is 18.4. The summed E-state index contributed by atoms with van der Waals surface area (Å²) >= 11 is 0. The lowest BCUT2D eigenvalue weighted by Gasteiger charge is -2.33. The Bertz CT molecular complexity index is 2990. The summed E-state index contributed by atoms with van der Waals surface area (Å²) in [6.45, 7) is 0. The van der Waals surface area contributed by atoms with Crippen molar-refractivity contribution in [2.24, 2.45) is 0 Å². The molecular formula is C50H35N3. The zero-order valence-electron chi connectivity index (χ0n) is 29.0. The summed E-state index contributed by atoms with van der Waals surface area (Å²) in [6.07, 6.45) is 2.31. The van der Waals surface area contributed by atoms with Gasteiger partial charge in [0.05, 0.1) is 17.1 Å². The fraction of sp³-hybridized carbons (Fsp3) is 0.0400. The third-order valence-electron chi connectivity index (χ3n) is 11.2. The van der Waals surface area contributed by atoms with Gasteiger partial charge in [0.15, 0.2) is 0 Å². The Morgan fingerprint density at radius 1 is 0.415 bits per heavy atom. The summed E-state index contributed by atoms with van der Waals surface area (Å²) in [6, 6.07) is 66.5. The van der Waals surface area contributed by atoms with E-state index in [-0.39, 0.29) is 12.2 Å². The van der Waals surface area contributed by atoms with Crippen molar-refractivity contribution in [1.29, 1.82) is 0 Å². The van der Waals surface area contributed by atoms with Crippen LogP contribution in [-0.4, -0.2) is 4.57 Å². The molecule has 0 fully saturated rings. The van der Waals surface area contributed by atoms with Crippen LogP contribution in [0, 0.1) is 0 Å². The van der Waals surface area contributed by atoms with E-state index in [0.717, 1.165) is 5.70 Å². The van der Waals surface area contributed by atoms with Crippen molar-refractivity contribution in [2.45, 2.75) is 12.2 Å². The Labute approximate surface area is 307 Å². The van der Waals surface area contributed by atoms with E-state index in [1.165, 1.54) is 87.3 Å². The molecule has 0 saturated heterocycles. The summed E-state index contributed by atoms with van der Waals surface area (Å²) in [7, 11) is 0. The van der Waals surface area contributed by atoms with Gasteiger partial charge in [-0.15, -0.1) is 0 Å². The van der Waals surface area contributed by atoms with Gasteiger partial charge in [-0.2, -0.15) is 0 Å². The molecule has 53 heavy (non-hydrogen) atoms. The van der Waals surface area contributed by atoms with E-state index in [2.05, 4.69) is 203 Å². The molecular weight excluding hydrogens is 643 g/mol. The summed E-state index contributed by atoms with van der Waals surface area (Å²) < 4.78 is 2.45. The van der Waals surface area contributed by atoms with E-state index in [9.17, 15) is 0 Å². The van der Waals surface area contributed by atoms with E-state index in [1.807, 2.05) is 0 Å². The maximum atomic E-state index is 3.90. The molecule has 0 radical (unpaired) electrons. The number of benzene rings is 9. The van der Waals surface area contributed by atoms with E-state index in [1.54, 1.807) is 0 Å². The van der Waals surface area contributed by atoms with Gasteiger partial charge in [-0.25, -0.2) is 0 Å².